The van der Waals surface area contributed by atoms with Crippen molar-refractivity contribution in [2.24, 2.45) is 0 Å². The van der Waals surface area contributed by atoms with Crippen LogP contribution in [0.25, 0.3) is 0 Å². The van der Waals surface area contributed by atoms with Crippen molar-refractivity contribution in [3.8, 4) is 5.75 Å². The number of hydrogen-bond acceptors (Lipinski definition) is 1. The highest BCUT2D eigenvalue weighted by atomic mass is 16.5. The predicted octanol–water partition coefficient (Wildman–Crippen LogP) is 4.27. The Morgan fingerprint density at radius 2 is 2.06 bits per heavy atom. The first kappa shape index (κ1) is 12.3. The molecule has 0 unspecified atom stereocenters. The Balaban J connectivity index is 2.76. The second-order valence-corrected chi connectivity index (χ2v) is 3.46. The summed E-state index contributed by atoms with van der Waals surface area (Å²) in [6, 6.07) is 8.10. The molecule has 0 aliphatic rings. The van der Waals surface area contributed by atoms with Crippen molar-refractivity contribution in [2.75, 3.05) is 0 Å². The summed E-state index contributed by atoms with van der Waals surface area (Å²) in [5, 5.41) is 0. The summed E-state index contributed by atoms with van der Waals surface area (Å²) in [7, 11) is 0. The molecule has 1 heteroatoms. The summed E-state index contributed by atoms with van der Waals surface area (Å²) in [6.07, 6.45) is 8.43. The van der Waals surface area contributed by atoms with Crippen molar-refractivity contribution in [3.63, 3.8) is 0 Å². The lowest BCUT2D eigenvalue weighted by atomic mass is 10.1. The van der Waals surface area contributed by atoms with E-state index in [1.807, 2.05) is 43.4 Å². The van der Waals surface area contributed by atoms with Gasteiger partial charge in [-0.15, -0.1) is 0 Å². The van der Waals surface area contributed by atoms with Gasteiger partial charge in [0.15, 0.2) is 0 Å². The van der Waals surface area contributed by atoms with Gasteiger partial charge in [-0.1, -0.05) is 49.9 Å². The van der Waals surface area contributed by atoms with E-state index in [4.69, 9.17) is 4.74 Å². The Labute approximate surface area is 97.8 Å². The highest BCUT2D eigenvalue weighted by Gasteiger charge is 2.00. The van der Waals surface area contributed by atoms with E-state index in [2.05, 4.69) is 19.6 Å². The third-order valence-electron chi connectivity index (χ3n) is 2.20. The topological polar surface area (TPSA) is 9.23 Å². The first-order valence-electron chi connectivity index (χ1n) is 5.49. The average molecular weight is 214 g/mol. The Hall–Kier alpha value is -1.76. The minimum Gasteiger partial charge on any atom is -0.462 e. The maximum atomic E-state index is 5.76. The van der Waals surface area contributed by atoms with Crippen LogP contribution in [0.5, 0.6) is 5.75 Å². The van der Waals surface area contributed by atoms with E-state index in [0.29, 0.717) is 0 Å². The molecular weight excluding hydrogens is 196 g/mol. The van der Waals surface area contributed by atoms with Gasteiger partial charge < -0.3 is 4.74 Å². The summed E-state index contributed by atoms with van der Waals surface area (Å²) in [6.45, 7) is 7.68. The number of benzene rings is 1. The molecule has 0 saturated heterocycles. The number of rotatable bonds is 5. The minimum atomic E-state index is 0.874. The number of para-hydroxylation sites is 1. The van der Waals surface area contributed by atoms with Gasteiger partial charge in [-0.2, -0.15) is 0 Å². The summed E-state index contributed by atoms with van der Waals surface area (Å²) in [5.74, 6) is 1.81. The van der Waals surface area contributed by atoms with Gasteiger partial charge in [-0.3, -0.25) is 0 Å². The molecule has 1 aromatic carbocycles. The van der Waals surface area contributed by atoms with E-state index in [1.54, 1.807) is 6.08 Å². The zero-order chi connectivity index (χ0) is 11.8. The van der Waals surface area contributed by atoms with Gasteiger partial charge in [-0.05, 0) is 31.1 Å². The maximum Gasteiger partial charge on any atom is 0.130 e. The molecule has 1 rings (SSSR count). The maximum absolute atomic E-state index is 5.76. The van der Waals surface area contributed by atoms with Crippen LogP contribution in [0.3, 0.4) is 0 Å². The van der Waals surface area contributed by atoms with Crippen molar-refractivity contribution in [1.29, 1.82) is 0 Å². The highest BCUT2D eigenvalue weighted by molar-refractivity contribution is 5.34. The molecule has 0 bridgehead atoms. The van der Waals surface area contributed by atoms with Gasteiger partial charge in [0.1, 0.15) is 11.5 Å². The van der Waals surface area contributed by atoms with Crippen LogP contribution < -0.4 is 4.74 Å². The smallest absolute Gasteiger partial charge is 0.130 e. The van der Waals surface area contributed by atoms with Crippen LogP contribution in [0.15, 0.2) is 60.9 Å². The van der Waals surface area contributed by atoms with E-state index in [0.717, 1.165) is 17.9 Å². The molecule has 0 heterocycles. The van der Waals surface area contributed by atoms with Crippen LogP contribution in [-0.2, 0) is 6.42 Å². The van der Waals surface area contributed by atoms with E-state index in [9.17, 15) is 0 Å². The molecule has 0 fully saturated rings. The SMILES string of the molecule is C=C/C=C\C=C(/C)Oc1ccccc1CC. The van der Waals surface area contributed by atoms with Gasteiger partial charge in [-0.25, -0.2) is 0 Å². The molecule has 0 amide bonds. The molecule has 0 aromatic heterocycles. The minimum absolute atomic E-state index is 0.874. The van der Waals surface area contributed by atoms with Crippen LogP contribution in [0.4, 0.5) is 0 Å². The van der Waals surface area contributed by atoms with Crippen molar-refractivity contribution in [1.82, 2.24) is 0 Å². The molecule has 1 nitrogen and oxygen atoms in total. The van der Waals surface area contributed by atoms with Gasteiger partial charge in [0.25, 0.3) is 0 Å². The Morgan fingerprint density at radius 1 is 1.31 bits per heavy atom. The predicted molar refractivity (Wildman–Crippen MR) is 69.5 cm³/mol. The van der Waals surface area contributed by atoms with E-state index in [-0.39, 0.29) is 0 Å². The highest BCUT2D eigenvalue weighted by Crippen LogP contribution is 2.20. The van der Waals surface area contributed by atoms with Gasteiger partial charge >= 0.3 is 0 Å². The number of ether oxygens (including phenoxy) is 1. The van der Waals surface area contributed by atoms with Crippen molar-refractivity contribution < 1.29 is 4.74 Å². The standard InChI is InChI=1S/C15H18O/c1-4-6-7-10-13(3)16-15-12-9-8-11-14(15)5-2/h4,6-12H,1,5H2,2-3H3/b7-6-,13-10+. The molecule has 0 radical (unpaired) electrons. The van der Waals surface area contributed by atoms with Crippen LogP contribution in [-0.4, -0.2) is 0 Å². The van der Waals surface area contributed by atoms with Crippen molar-refractivity contribution >= 4 is 0 Å². The Bertz CT molecular complexity index is 400. The van der Waals surface area contributed by atoms with Crippen LogP contribution >= 0.6 is 0 Å². The lowest BCUT2D eigenvalue weighted by molar-refractivity contribution is 0.423. The quantitative estimate of drug-likeness (QED) is 0.525. The van der Waals surface area contributed by atoms with Crippen LogP contribution in [0.1, 0.15) is 19.4 Å². The second-order valence-electron chi connectivity index (χ2n) is 3.46. The molecule has 0 aliphatic heterocycles. The Morgan fingerprint density at radius 3 is 2.75 bits per heavy atom. The van der Waals surface area contributed by atoms with E-state index < -0.39 is 0 Å². The van der Waals surface area contributed by atoms with Gasteiger partial charge in [0.05, 0.1) is 0 Å². The lowest BCUT2D eigenvalue weighted by Gasteiger charge is -2.09. The van der Waals surface area contributed by atoms with Crippen molar-refractivity contribution in [3.05, 3.63) is 66.5 Å². The number of aryl methyl sites for hydroxylation is 1. The monoisotopic (exact) mass is 214 g/mol. The number of hydrogen-bond donors (Lipinski definition) is 0. The second kappa shape index (κ2) is 6.67. The molecular formula is C15H18O. The summed E-state index contributed by atoms with van der Waals surface area (Å²) < 4.78 is 5.76. The molecule has 84 valence electrons. The molecule has 0 N–H and O–H groups in total. The molecule has 1 aromatic rings. The fourth-order valence-electron chi connectivity index (χ4n) is 1.37. The molecule has 0 atom stereocenters. The summed E-state index contributed by atoms with van der Waals surface area (Å²) in [5.41, 5.74) is 1.22. The van der Waals surface area contributed by atoms with Gasteiger partial charge in [0, 0.05) is 0 Å². The summed E-state index contributed by atoms with van der Waals surface area (Å²) >= 11 is 0. The fraction of sp³-hybridized carbons (Fsp3) is 0.200. The normalized spacial score (nSPS) is 11.8. The first-order valence-corrected chi connectivity index (χ1v) is 5.49. The third kappa shape index (κ3) is 3.77. The van der Waals surface area contributed by atoms with Crippen LogP contribution in [0, 0.1) is 0 Å². The fourth-order valence-corrected chi connectivity index (χ4v) is 1.37. The summed E-state index contributed by atoms with van der Waals surface area (Å²) in [4.78, 5) is 0. The van der Waals surface area contributed by atoms with Crippen molar-refractivity contribution in [2.45, 2.75) is 20.3 Å². The third-order valence-corrected chi connectivity index (χ3v) is 2.20. The molecule has 0 spiro atoms. The lowest BCUT2D eigenvalue weighted by Crippen LogP contribution is -1.94. The van der Waals surface area contributed by atoms with Gasteiger partial charge in [0.2, 0.25) is 0 Å². The van der Waals surface area contributed by atoms with E-state index in [1.165, 1.54) is 5.56 Å². The molecule has 16 heavy (non-hydrogen) atoms. The largest absolute Gasteiger partial charge is 0.462 e. The van der Waals surface area contributed by atoms with Crippen LogP contribution in [0.2, 0.25) is 0 Å². The first-order chi connectivity index (χ1) is 7.77. The molecule has 0 saturated carbocycles. The zero-order valence-corrected chi connectivity index (χ0v) is 9.94. The average Bonchev–Trinajstić information content (AvgIpc) is 2.30. The Kier molecular flexibility index (Phi) is 5.13. The number of allylic oxidation sites excluding steroid dienone is 5. The zero-order valence-electron chi connectivity index (χ0n) is 9.94. The molecule has 0 aliphatic carbocycles. The van der Waals surface area contributed by atoms with E-state index >= 15 is 0 Å².